The molecule has 2 rings (SSSR count). The molecule has 62 heavy (non-hydrogen) atoms. The van der Waals surface area contributed by atoms with Crippen LogP contribution in [0.5, 0.6) is 5.75 Å². The summed E-state index contributed by atoms with van der Waals surface area (Å²) in [6.07, 6.45) is 4.49. The van der Waals surface area contributed by atoms with Crippen molar-refractivity contribution in [3.05, 3.63) is 47.5 Å². The number of nitrogens with zero attached hydrogens (tertiary/aromatic N) is 2. The van der Waals surface area contributed by atoms with Crippen LogP contribution in [-0.2, 0) is 32.0 Å². The summed E-state index contributed by atoms with van der Waals surface area (Å²) in [4.78, 5) is 60.7. The zero-order valence-electron chi connectivity index (χ0n) is 40.3. The van der Waals surface area contributed by atoms with Crippen LogP contribution >= 0.6 is 0 Å². The zero-order valence-corrected chi connectivity index (χ0v) is 43.2. The van der Waals surface area contributed by atoms with Gasteiger partial charge >= 0.3 is 378 Å². The number of ether oxygens (including phenoxy) is 4. The van der Waals surface area contributed by atoms with E-state index in [0.29, 0.717) is 35.5 Å². The van der Waals surface area contributed by atoms with Crippen LogP contribution in [0.4, 0.5) is 25.8 Å². The first-order valence-electron chi connectivity index (χ1n) is 22.5. The second-order valence-electron chi connectivity index (χ2n) is 19.4. The van der Waals surface area contributed by atoms with Crippen molar-refractivity contribution in [2.45, 2.75) is 184 Å². The van der Waals surface area contributed by atoms with E-state index in [9.17, 15) is 19.5 Å². The Bertz CT molecular complexity index is 1770. The molecule has 0 aromatic heterocycles. The molecule has 1 atom stereocenters. The number of alkyl carbamates (subject to hydrolysis) is 1. The van der Waals surface area contributed by atoms with E-state index in [-0.39, 0.29) is 24.8 Å². The first-order valence-corrected chi connectivity index (χ1v) is 29.9. The Hall–Kier alpha value is -4.01. The van der Waals surface area contributed by atoms with Crippen LogP contribution in [0.25, 0.3) is 0 Å². The third-order valence-electron chi connectivity index (χ3n) is 10.1. The topological polar surface area (TPSA) is 165 Å². The molecule has 0 saturated carbocycles. The number of methoxy groups -OCH3 is 1. The fourth-order valence-corrected chi connectivity index (χ4v) is 23.8. The number of carboxylic acids is 1. The molecular formula is C48H78N4O9Sn. The number of aliphatic imine (C=N–C) groups is 1. The fraction of sp³-hybridized carbons (Fsp3) is 0.646. The number of amides is 3. The average Bonchev–Trinajstić information content (AvgIpc) is 3.15. The molecule has 3 amide bonds. The monoisotopic (exact) mass is 974 g/mol. The van der Waals surface area contributed by atoms with E-state index in [4.69, 9.17) is 23.9 Å². The molecule has 0 saturated heterocycles. The Morgan fingerprint density at radius 1 is 0.774 bits per heavy atom. The van der Waals surface area contributed by atoms with E-state index in [1.807, 2.05) is 37.3 Å². The van der Waals surface area contributed by atoms with Gasteiger partial charge in [-0.1, -0.05) is 0 Å². The van der Waals surface area contributed by atoms with E-state index in [1.165, 1.54) is 4.90 Å². The second kappa shape index (κ2) is 24.7. The molecule has 0 heterocycles. The van der Waals surface area contributed by atoms with Gasteiger partial charge in [0, 0.05) is 0 Å². The van der Waals surface area contributed by atoms with Gasteiger partial charge in [-0.3, -0.25) is 0 Å². The first kappa shape index (κ1) is 54.1. The maximum atomic E-state index is 15.1. The number of hydrogen-bond donors (Lipinski definition) is 3. The van der Waals surface area contributed by atoms with Gasteiger partial charge in [0.1, 0.15) is 0 Å². The van der Waals surface area contributed by atoms with Crippen LogP contribution in [0.1, 0.15) is 153 Å². The average molecular weight is 974 g/mol. The number of nitrogens with one attached hydrogen (secondary N) is 2. The summed E-state index contributed by atoms with van der Waals surface area (Å²) in [6.45, 7) is 24.7. The third-order valence-corrected chi connectivity index (χ3v) is 25.7. The molecule has 0 spiro atoms. The normalized spacial score (nSPS) is 12.9. The predicted octanol–water partition coefficient (Wildman–Crippen LogP) is 12.0. The molecule has 1 unspecified atom stereocenters. The first-order chi connectivity index (χ1) is 28.9. The van der Waals surface area contributed by atoms with Gasteiger partial charge in [0.15, 0.2) is 0 Å². The van der Waals surface area contributed by atoms with Crippen LogP contribution < -0.4 is 23.8 Å². The van der Waals surface area contributed by atoms with Crippen molar-refractivity contribution in [3.63, 3.8) is 0 Å². The van der Waals surface area contributed by atoms with Gasteiger partial charge in [-0.2, -0.15) is 0 Å². The van der Waals surface area contributed by atoms with Crippen molar-refractivity contribution < 1.29 is 43.2 Å². The Kier molecular flexibility index (Phi) is 21.6. The van der Waals surface area contributed by atoms with Crippen LogP contribution in [0, 0.1) is 5.92 Å². The quantitative estimate of drug-likeness (QED) is 0.0507. The van der Waals surface area contributed by atoms with E-state index >= 15 is 4.79 Å². The molecule has 14 heteroatoms. The number of carbonyl (C=O) groups is 4. The molecular weight excluding hydrogens is 895 g/mol. The van der Waals surface area contributed by atoms with E-state index in [2.05, 4.69) is 37.5 Å². The summed E-state index contributed by atoms with van der Waals surface area (Å²) >= 11 is -3.71. The van der Waals surface area contributed by atoms with Gasteiger partial charge < -0.3 is 0 Å². The molecule has 2 aromatic rings. The number of benzene rings is 2. The molecule has 0 aliphatic rings. The SMILES string of the molecule is CCC[CH2][Sn]([CH2]CCC)([CH2]CCC)[c]1cc(NC(=O)OC(C)(C)C)c(CC(C)CCC(=O)O)cc1N(C(=O)OC(C)(C)C)C(=NCc1ccc(OC)cc1)NC(=O)OC(C)(C)C. The van der Waals surface area contributed by atoms with E-state index in [0.717, 1.165) is 61.0 Å². The van der Waals surface area contributed by atoms with Crippen molar-refractivity contribution in [2.24, 2.45) is 10.9 Å². The minimum absolute atomic E-state index is 0.0302. The number of carbonyl (C=O) groups excluding carboxylic acids is 3. The van der Waals surface area contributed by atoms with E-state index in [1.54, 1.807) is 69.4 Å². The summed E-state index contributed by atoms with van der Waals surface area (Å²) in [5.41, 5.74) is -0.0374. The molecule has 0 aliphatic carbocycles. The number of guanidine groups is 1. The summed E-state index contributed by atoms with van der Waals surface area (Å²) in [6, 6.07) is 11.4. The Balaban J connectivity index is 3.31. The van der Waals surface area contributed by atoms with Gasteiger partial charge in [0.25, 0.3) is 0 Å². The van der Waals surface area contributed by atoms with Gasteiger partial charge in [-0.15, -0.1) is 0 Å². The molecule has 0 radical (unpaired) electrons. The standard InChI is InChI=1S/C36H51N4O9.3C4H9.Sn/c1-23(12-19-29(41)42)20-25-21-26(15-18-28(25)38-31(43)47-34(2,3)4)40(33(45)49-36(8,9)10)30(39-32(44)48-35(5,6)7)37-22-24-13-16-27(46-11)17-14-24;3*1-3-4-2;/h13-14,16-18,21,23H,12,19-20,22H2,1-11H3,(H,38,43)(H,41,42)(H,37,39,44);3*1,3-4H2,2H3;. The van der Waals surface area contributed by atoms with Crippen LogP contribution in [0.15, 0.2) is 41.4 Å². The number of anilines is 2. The van der Waals surface area contributed by atoms with Crippen molar-refractivity contribution in [1.82, 2.24) is 5.32 Å². The van der Waals surface area contributed by atoms with Crippen molar-refractivity contribution in [3.8, 4) is 5.75 Å². The number of carboxylic acid groups (broad SMARTS) is 1. The summed E-state index contributed by atoms with van der Waals surface area (Å²) in [5, 5.41) is 15.5. The summed E-state index contributed by atoms with van der Waals surface area (Å²) in [5.74, 6) is -0.436. The van der Waals surface area contributed by atoms with Gasteiger partial charge in [0.2, 0.25) is 0 Å². The third kappa shape index (κ3) is 19.2. The molecule has 0 fully saturated rings. The molecule has 13 nitrogen and oxygen atoms in total. The number of unbranched alkanes of at least 4 members (excludes halogenated alkanes) is 3. The molecule has 3 N–H and O–H groups in total. The molecule has 0 bridgehead atoms. The van der Waals surface area contributed by atoms with Gasteiger partial charge in [0.05, 0.1) is 0 Å². The fourth-order valence-electron chi connectivity index (χ4n) is 7.18. The Labute approximate surface area is 376 Å². The van der Waals surface area contributed by atoms with Gasteiger partial charge in [-0.05, 0) is 0 Å². The van der Waals surface area contributed by atoms with Crippen molar-refractivity contribution >= 4 is 63.5 Å². The maximum absolute atomic E-state index is 15.1. The van der Waals surface area contributed by atoms with Gasteiger partial charge in [-0.25, -0.2) is 0 Å². The van der Waals surface area contributed by atoms with Crippen LogP contribution in [-0.4, -0.2) is 77.6 Å². The van der Waals surface area contributed by atoms with Crippen molar-refractivity contribution in [2.75, 3.05) is 17.3 Å². The minimum atomic E-state index is -3.71. The molecule has 0 aliphatic heterocycles. The Morgan fingerprint density at radius 3 is 1.76 bits per heavy atom. The van der Waals surface area contributed by atoms with Crippen LogP contribution in [0.3, 0.4) is 0 Å². The number of hydrogen-bond acceptors (Lipinski definition) is 9. The van der Waals surface area contributed by atoms with Crippen molar-refractivity contribution in [1.29, 1.82) is 0 Å². The van der Waals surface area contributed by atoms with E-state index < -0.39 is 59.4 Å². The van der Waals surface area contributed by atoms with Crippen LogP contribution in [0.2, 0.25) is 13.3 Å². The second-order valence-corrected chi connectivity index (χ2v) is 32.5. The zero-order chi connectivity index (χ0) is 46.9. The predicted molar refractivity (Wildman–Crippen MR) is 253 cm³/mol. The molecule has 348 valence electrons. The Morgan fingerprint density at radius 2 is 1.29 bits per heavy atom. The molecule has 2 aromatic carbocycles. The summed E-state index contributed by atoms with van der Waals surface area (Å²) < 4.78 is 27.2. The number of rotatable bonds is 20. The number of aliphatic carboxylic acids is 1. The summed E-state index contributed by atoms with van der Waals surface area (Å²) in [7, 11) is 1.59.